The van der Waals surface area contributed by atoms with Crippen molar-refractivity contribution in [3.05, 3.63) is 12.7 Å². The predicted octanol–water partition coefficient (Wildman–Crippen LogP) is 1.74. The number of hydrogen-bond acceptors (Lipinski definition) is 3. The largest absolute Gasteiger partial charge is 0.377 e. The highest BCUT2D eigenvalue weighted by molar-refractivity contribution is 4.69. The van der Waals surface area contributed by atoms with Gasteiger partial charge >= 0.3 is 0 Å². The van der Waals surface area contributed by atoms with Gasteiger partial charge in [0.2, 0.25) is 0 Å². The van der Waals surface area contributed by atoms with Crippen molar-refractivity contribution < 1.29 is 9.47 Å². The molecule has 0 aromatic heterocycles. The van der Waals surface area contributed by atoms with E-state index in [1.165, 1.54) is 12.8 Å². The van der Waals surface area contributed by atoms with Crippen molar-refractivity contribution in [3.63, 3.8) is 0 Å². The average molecular weight is 213 g/mol. The van der Waals surface area contributed by atoms with E-state index in [0.29, 0.717) is 6.10 Å². The Kier molecular flexibility index (Phi) is 6.64. The number of rotatable bonds is 8. The Bertz CT molecular complexity index is 167. The smallest absolute Gasteiger partial charge is 0.0700 e. The molecule has 15 heavy (non-hydrogen) atoms. The van der Waals surface area contributed by atoms with Crippen LogP contribution in [0.4, 0.5) is 0 Å². The van der Waals surface area contributed by atoms with Crippen LogP contribution >= 0.6 is 0 Å². The molecule has 0 radical (unpaired) electrons. The molecule has 0 aromatic rings. The normalized spacial score (nSPS) is 22.9. The molecule has 1 saturated heterocycles. The molecule has 1 rings (SSSR count). The molecule has 1 aliphatic heterocycles. The van der Waals surface area contributed by atoms with Gasteiger partial charge in [0.15, 0.2) is 0 Å². The zero-order chi connectivity index (χ0) is 10.9. The summed E-state index contributed by atoms with van der Waals surface area (Å²) in [5.74, 6) is 0. The van der Waals surface area contributed by atoms with Crippen LogP contribution in [-0.2, 0) is 9.47 Å². The summed E-state index contributed by atoms with van der Waals surface area (Å²) in [6.07, 6.45) is 5.90. The lowest BCUT2D eigenvalue weighted by Crippen LogP contribution is -2.33. The molecule has 0 spiro atoms. The van der Waals surface area contributed by atoms with Gasteiger partial charge in [-0.05, 0) is 26.2 Å². The predicted molar refractivity (Wildman–Crippen MR) is 62.1 cm³/mol. The molecule has 0 saturated carbocycles. The highest BCUT2D eigenvalue weighted by Gasteiger charge is 2.14. The fourth-order valence-electron chi connectivity index (χ4n) is 1.66. The molecule has 0 amide bonds. The standard InChI is InChI=1S/C12H23NO2/c1-3-4-7-14-11(2)9-13-10-12-6-5-8-15-12/h3,11-13H,1,4-10H2,2H3. The Morgan fingerprint density at radius 1 is 1.67 bits per heavy atom. The van der Waals surface area contributed by atoms with Gasteiger partial charge in [-0.3, -0.25) is 0 Å². The van der Waals surface area contributed by atoms with E-state index in [4.69, 9.17) is 9.47 Å². The van der Waals surface area contributed by atoms with E-state index < -0.39 is 0 Å². The minimum Gasteiger partial charge on any atom is -0.377 e. The second-order valence-corrected chi connectivity index (χ2v) is 4.05. The Hall–Kier alpha value is -0.380. The summed E-state index contributed by atoms with van der Waals surface area (Å²) in [4.78, 5) is 0. The molecule has 88 valence electrons. The van der Waals surface area contributed by atoms with Crippen LogP contribution in [0, 0.1) is 0 Å². The third kappa shape index (κ3) is 5.92. The van der Waals surface area contributed by atoms with Crippen molar-refractivity contribution in [2.45, 2.75) is 38.4 Å². The van der Waals surface area contributed by atoms with Gasteiger partial charge in [-0.25, -0.2) is 0 Å². The van der Waals surface area contributed by atoms with E-state index in [9.17, 15) is 0 Å². The van der Waals surface area contributed by atoms with Crippen molar-refractivity contribution in [2.75, 3.05) is 26.3 Å². The third-order valence-electron chi connectivity index (χ3n) is 2.55. The Morgan fingerprint density at radius 2 is 2.53 bits per heavy atom. The van der Waals surface area contributed by atoms with E-state index in [1.807, 2.05) is 6.08 Å². The summed E-state index contributed by atoms with van der Waals surface area (Å²) < 4.78 is 11.1. The molecule has 2 atom stereocenters. The lowest BCUT2D eigenvalue weighted by atomic mass is 10.2. The van der Waals surface area contributed by atoms with Gasteiger partial charge in [0.05, 0.1) is 18.8 Å². The molecular weight excluding hydrogens is 190 g/mol. The molecule has 1 aliphatic rings. The molecule has 0 aliphatic carbocycles. The maximum Gasteiger partial charge on any atom is 0.0700 e. The summed E-state index contributed by atoms with van der Waals surface area (Å²) in [6.45, 7) is 9.30. The molecule has 1 N–H and O–H groups in total. The van der Waals surface area contributed by atoms with Crippen LogP contribution in [0.15, 0.2) is 12.7 Å². The molecule has 2 unspecified atom stereocenters. The van der Waals surface area contributed by atoms with Gasteiger partial charge in [0.1, 0.15) is 0 Å². The van der Waals surface area contributed by atoms with Gasteiger partial charge in [-0.15, -0.1) is 6.58 Å². The van der Waals surface area contributed by atoms with Crippen molar-refractivity contribution in [2.24, 2.45) is 0 Å². The minimum absolute atomic E-state index is 0.270. The van der Waals surface area contributed by atoms with Gasteiger partial charge in [0, 0.05) is 19.7 Å². The van der Waals surface area contributed by atoms with Crippen LogP contribution in [0.25, 0.3) is 0 Å². The first-order valence-corrected chi connectivity index (χ1v) is 5.87. The number of nitrogens with one attached hydrogen (secondary N) is 1. The van der Waals surface area contributed by atoms with Crippen molar-refractivity contribution in [3.8, 4) is 0 Å². The highest BCUT2D eigenvalue weighted by Crippen LogP contribution is 2.10. The van der Waals surface area contributed by atoms with Gasteiger partial charge in [-0.2, -0.15) is 0 Å². The van der Waals surface area contributed by atoms with Gasteiger partial charge in [0.25, 0.3) is 0 Å². The molecule has 0 bridgehead atoms. The second kappa shape index (κ2) is 7.85. The van der Waals surface area contributed by atoms with Crippen LogP contribution in [-0.4, -0.2) is 38.5 Å². The van der Waals surface area contributed by atoms with E-state index in [0.717, 1.165) is 32.7 Å². The molecule has 1 fully saturated rings. The van der Waals surface area contributed by atoms with Crippen molar-refractivity contribution >= 4 is 0 Å². The van der Waals surface area contributed by atoms with E-state index in [1.54, 1.807) is 0 Å². The zero-order valence-electron chi connectivity index (χ0n) is 9.71. The van der Waals surface area contributed by atoms with Crippen molar-refractivity contribution in [1.29, 1.82) is 0 Å². The van der Waals surface area contributed by atoms with Crippen LogP contribution in [0.5, 0.6) is 0 Å². The summed E-state index contributed by atoms with van der Waals surface area (Å²) in [6, 6.07) is 0. The first-order valence-electron chi connectivity index (χ1n) is 5.87. The fourth-order valence-corrected chi connectivity index (χ4v) is 1.66. The summed E-state index contributed by atoms with van der Waals surface area (Å²) in [5, 5.41) is 3.38. The van der Waals surface area contributed by atoms with E-state index >= 15 is 0 Å². The molecule has 3 nitrogen and oxygen atoms in total. The maximum atomic E-state index is 5.57. The fraction of sp³-hybridized carbons (Fsp3) is 0.833. The second-order valence-electron chi connectivity index (χ2n) is 4.05. The summed E-state index contributed by atoms with van der Waals surface area (Å²) in [5.41, 5.74) is 0. The van der Waals surface area contributed by atoms with Crippen LogP contribution in [0.1, 0.15) is 26.2 Å². The molecular formula is C12H23NO2. The summed E-state index contributed by atoms with van der Waals surface area (Å²) >= 11 is 0. The van der Waals surface area contributed by atoms with Crippen molar-refractivity contribution in [1.82, 2.24) is 5.32 Å². The Balaban J connectivity index is 1.91. The van der Waals surface area contributed by atoms with Crippen LogP contribution < -0.4 is 5.32 Å². The quantitative estimate of drug-likeness (QED) is 0.492. The molecule has 1 heterocycles. The summed E-state index contributed by atoms with van der Waals surface area (Å²) in [7, 11) is 0. The SMILES string of the molecule is C=CCCOC(C)CNCC1CCCO1. The lowest BCUT2D eigenvalue weighted by molar-refractivity contribution is 0.0628. The first kappa shape index (κ1) is 12.7. The highest BCUT2D eigenvalue weighted by atomic mass is 16.5. The van der Waals surface area contributed by atoms with Gasteiger partial charge in [-0.1, -0.05) is 6.08 Å². The number of hydrogen-bond donors (Lipinski definition) is 1. The number of ether oxygens (including phenoxy) is 2. The van der Waals surface area contributed by atoms with Crippen LogP contribution in [0.3, 0.4) is 0 Å². The topological polar surface area (TPSA) is 30.5 Å². The Labute approximate surface area is 92.8 Å². The van der Waals surface area contributed by atoms with E-state index in [-0.39, 0.29) is 6.10 Å². The minimum atomic E-state index is 0.270. The third-order valence-corrected chi connectivity index (χ3v) is 2.55. The zero-order valence-corrected chi connectivity index (χ0v) is 9.71. The van der Waals surface area contributed by atoms with Crippen LogP contribution in [0.2, 0.25) is 0 Å². The first-order chi connectivity index (χ1) is 7.33. The van der Waals surface area contributed by atoms with Gasteiger partial charge < -0.3 is 14.8 Å². The maximum absolute atomic E-state index is 5.57. The Morgan fingerprint density at radius 3 is 3.20 bits per heavy atom. The average Bonchev–Trinajstić information content (AvgIpc) is 2.71. The molecule has 3 heteroatoms. The lowest BCUT2D eigenvalue weighted by Gasteiger charge is -2.15. The van der Waals surface area contributed by atoms with E-state index in [2.05, 4.69) is 18.8 Å². The monoisotopic (exact) mass is 213 g/mol. The molecule has 0 aromatic carbocycles.